The average Bonchev–Trinajstić information content (AvgIpc) is 3.02. The minimum atomic E-state index is -2.08. The first-order chi connectivity index (χ1) is 20.7. The van der Waals surface area contributed by atoms with Gasteiger partial charge in [-0.25, -0.2) is 0 Å². The van der Waals surface area contributed by atoms with Crippen LogP contribution in [0.2, 0.25) is 0 Å². The molecule has 3 aliphatic heterocycles. The van der Waals surface area contributed by atoms with Crippen LogP contribution in [0.3, 0.4) is 0 Å². The van der Waals surface area contributed by atoms with Gasteiger partial charge in [0.2, 0.25) is 0 Å². The van der Waals surface area contributed by atoms with Gasteiger partial charge in [0.05, 0.1) is 32.5 Å². The molecule has 0 unspecified atom stereocenters. The second kappa shape index (κ2) is 16.3. The van der Waals surface area contributed by atoms with Crippen LogP contribution in [-0.4, -0.2) is 214 Å². The fourth-order valence-corrected chi connectivity index (χ4v) is 5.06. The van der Waals surface area contributed by atoms with Crippen LogP contribution in [0.5, 0.6) is 0 Å². The molecule has 0 aromatic rings. The Morgan fingerprint density at radius 3 is 1.59 bits per heavy atom. The molecule has 0 amide bonds. The molecule has 0 spiro atoms. The van der Waals surface area contributed by atoms with Crippen LogP contribution in [0.1, 0.15) is 6.92 Å². The van der Waals surface area contributed by atoms with Crippen molar-refractivity contribution in [3.8, 4) is 0 Å². The normalized spacial score (nSPS) is 46.3. The predicted molar refractivity (Wildman–Crippen MR) is 135 cm³/mol. The predicted octanol–water partition coefficient (Wildman–Crippen LogP) is -9.09. The lowest BCUT2D eigenvalue weighted by Crippen LogP contribution is -2.67. The molecule has 0 aromatic carbocycles. The Kier molecular flexibility index (Phi) is 14.0. The molecule has 0 saturated carbocycles. The fraction of sp³-hybridized carbons (Fsp3) is 1.00. The standard InChI is InChI=1S/C24H44O20/c1-6-11(31)14(34)16(36)22(39-6)44-21-18(38)20(43-23-17(37)15(35)13(33)9(4-27)40-23)10(5-28)41-24(21)42-19(8(30)3-26)12(32)7(29)2-25/h6-38H,2-5H2,1H3/t6-,7-,8+,9+,10+,11+,12+,13-,14+,15-,16-,17+,18-,19+,20-,21+,22-,23-,24-/m0/s1. The van der Waals surface area contributed by atoms with Gasteiger partial charge in [-0.15, -0.1) is 0 Å². The zero-order valence-electron chi connectivity index (χ0n) is 23.5. The molecule has 14 N–H and O–H groups in total. The van der Waals surface area contributed by atoms with Gasteiger partial charge in [-0.1, -0.05) is 0 Å². The molecule has 3 aliphatic rings. The van der Waals surface area contributed by atoms with Crippen molar-refractivity contribution in [2.24, 2.45) is 0 Å². The second-order valence-electron chi connectivity index (χ2n) is 10.9. The maximum Gasteiger partial charge on any atom is 0.187 e. The van der Waals surface area contributed by atoms with E-state index in [4.69, 9.17) is 28.4 Å². The van der Waals surface area contributed by atoms with Gasteiger partial charge >= 0.3 is 0 Å². The Balaban J connectivity index is 1.95. The first-order valence-corrected chi connectivity index (χ1v) is 13.9. The molecule has 0 radical (unpaired) electrons. The SMILES string of the molecule is C[C@@H]1O[C@@H](O[C@H]2[C@H](O[C@@H]([C@H](O)[C@@H](O)CO)[C@H](O)CO)O[C@H](CO)[C@H](O[C@@H]3O[C@H](CO)[C@H](O)[C@H](O)[C@H]3O)[C@@H]2O)[C@@H](O)[C@H](O)[C@@H]1O. The number of ether oxygens (including phenoxy) is 6. The summed E-state index contributed by atoms with van der Waals surface area (Å²) in [6.07, 6.45) is -34.3. The largest absolute Gasteiger partial charge is 0.394 e. The van der Waals surface area contributed by atoms with Gasteiger partial charge < -0.3 is 99.9 Å². The van der Waals surface area contributed by atoms with Crippen LogP contribution in [0.4, 0.5) is 0 Å². The molecular weight excluding hydrogens is 608 g/mol. The van der Waals surface area contributed by atoms with Crippen molar-refractivity contribution in [3.63, 3.8) is 0 Å². The Hall–Kier alpha value is -0.800. The van der Waals surface area contributed by atoms with Gasteiger partial charge in [-0.2, -0.15) is 0 Å². The highest BCUT2D eigenvalue weighted by atomic mass is 16.8. The Morgan fingerprint density at radius 2 is 1.05 bits per heavy atom. The highest BCUT2D eigenvalue weighted by Crippen LogP contribution is 2.34. The zero-order valence-corrected chi connectivity index (χ0v) is 23.5. The van der Waals surface area contributed by atoms with Crippen LogP contribution in [0, 0.1) is 0 Å². The van der Waals surface area contributed by atoms with Crippen molar-refractivity contribution in [2.45, 2.75) is 123 Å². The van der Waals surface area contributed by atoms with Gasteiger partial charge in [0, 0.05) is 0 Å². The molecule has 260 valence electrons. The van der Waals surface area contributed by atoms with Crippen molar-refractivity contribution >= 4 is 0 Å². The Morgan fingerprint density at radius 1 is 0.545 bits per heavy atom. The van der Waals surface area contributed by atoms with E-state index in [9.17, 15) is 71.5 Å². The van der Waals surface area contributed by atoms with Crippen LogP contribution in [0.25, 0.3) is 0 Å². The lowest BCUT2D eigenvalue weighted by atomic mass is 9.96. The summed E-state index contributed by atoms with van der Waals surface area (Å²) in [7, 11) is 0. The monoisotopic (exact) mass is 652 g/mol. The lowest BCUT2D eigenvalue weighted by molar-refractivity contribution is -0.393. The van der Waals surface area contributed by atoms with E-state index in [1.54, 1.807) is 0 Å². The van der Waals surface area contributed by atoms with Gasteiger partial charge in [-0.05, 0) is 6.92 Å². The van der Waals surface area contributed by atoms with Crippen molar-refractivity contribution in [1.29, 1.82) is 0 Å². The quantitative estimate of drug-likeness (QED) is 0.0878. The molecule has 3 heterocycles. The summed E-state index contributed by atoms with van der Waals surface area (Å²) in [4.78, 5) is 0. The number of aliphatic hydroxyl groups is 14. The van der Waals surface area contributed by atoms with E-state index in [1.165, 1.54) is 6.92 Å². The topological polar surface area (TPSA) is 339 Å². The van der Waals surface area contributed by atoms with Crippen LogP contribution in [-0.2, 0) is 28.4 Å². The lowest BCUT2D eigenvalue weighted by Gasteiger charge is -2.49. The van der Waals surface area contributed by atoms with E-state index >= 15 is 0 Å². The number of hydrogen-bond acceptors (Lipinski definition) is 20. The van der Waals surface area contributed by atoms with Crippen molar-refractivity contribution in [1.82, 2.24) is 0 Å². The second-order valence-corrected chi connectivity index (χ2v) is 10.9. The summed E-state index contributed by atoms with van der Waals surface area (Å²) in [5, 5.41) is 142. The van der Waals surface area contributed by atoms with E-state index in [-0.39, 0.29) is 0 Å². The number of rotatable bonds is 13. The molecule has 0 aliphatic carbocycles. The molecule has 0 bridgehead atoms. The highest BCUT2D eigenvalue weighted by molar-refractivity contribution is 4.97. The van der Waals surface area contributed by atoms with Crippen molar-refractivity contribution < 1.29 is 99.9 Å². The van der Waals surface area contributed by atoms with Gasteiger partial charge in [0.1, 0.15) is 91.6 Å². The van der Waals surface area contributed by atoms with Crippen LogP contribution >= 0.6 is 0 Å². The summed E-state index contributed by atoms with van der Waals surface area (Å²) >= 11 is 0. The summed E-state index contributed by atoms with van der Waals surface area (Å²) < 4.78 is 33.3. The van der Waals surface area contributed by atoms with E-state index < -0.39 is 143 Å². The zero-order chi connectivity index (χ0) is 33.0. The summed E-state index contributed by atoms with van der Waals surface area (Å²) in [6.45, 7) is -2.50. The van der Waals surface area contributed by atoms with Gasteiger partial charge in [-0.3, -0.25) is 0 Å². The minimum absolute atomic E-state index is 0.820. The maximum atomic E-state index is 11.4. The highest BCUT2D eigenvalue weighted by Gasteiger charge is 2.54. The molecule has 44 heavy (non-hydrogen) atoms. The van der Waals surface area contributed by atoms with Gasteiger partial charge in [0.15, 0.2) is 18.9 Å². The third-order valence-electron chi connectivity index (χ3n) is 7.81. The summed E-state index contributed by atoms with van der Waals surface area (Å²) in [6, 6.07) is 0. The summed E-state index contributed by atoms with van der Waals surface area (Å²) in [5.74, 6) is 0. The Bertz CT molecular complexity index is 855. The molecule has 0 aromatic heterocycles. The van der Waals surface area contributed by atoms with Crippen LogP contribution in [0.15, 0.2) is 0 Å². The van der Waals surface area contributed by atoms with Gasteiger partial charge in [0.25, 0.3) is 0 Å². The van der Waals surface area contributed by atoms with Crippen molar-refractivity contribution in [3.05, 3.63) is 0 Å². The Labute approximate surface area is 250 Å². The number of hydrogen-bond donors (Lipinski definition) is 14. The molecule has 3 fully saturated rings. The van der Waals surface area contributed by atoms with E-state index in [0.717, 1.165) is 0 Å². The molecular formula is C24H44O20. The molecule has 19 atom stereocenters. The first kappa shape index (κ1) is 37.7. The van der Waals surface area contributed by atoms with E-state index in [1.807, 2.05) is 0 Å². The number of aliphatic hydroxyl groups excluding tert-OH is 14. The molecule has 3 saturated heterocycles. The average molecular weight is 653 g/mol. The smallest absolute Gasteiger partial charge is 0.187 e. The van der Waals surface area contributed by atoms with E-state index in [0.29, 0.717) is 0 Å². The maximum absolute atomic E-state index is 11.4. The van der Waals surface area contributed by atoms with Crippen molar-refractivity contribution in [2.75, 3.05) is 26.4 Å². The van der Waals surface area contributed by atoms with E-state index in [2.05, 4.69) is 0 Å². The summed E-state index contributed by atoms with van der Waals surface area (Å²) in [5.41, 5.74) is 0. The third kappa shape index (κ3) is 8.00. The molecule has 20 heteroatoms. The minimum Gasteiger partial charge on any atom is -0.394 e. The third-order valence-corrected chi connectivity index (χ3v) is 7.81. The first-order valence-electron chi connectivity index (χ1n) is 13.9. The molecule has 20 nitrogen and oxygen atoms in total. The molecule has 3 rings (SSSR count). The fourth-order valence-electron chi connectivity index (χ4n) is 5.06. The van der Waals surface area contributed by atoms with Crippen LogP contribution < -0.4 is 0 Å².